The van der Waals surface area contributed by atoms with Gasteiger partial charge in [0.15, 0.2) is 17.5 Å². The third-order valence-corrected chi connectivity index (χ3v) is 2.19. The summed E-state index contributed by atoms with van der Waals surface area (Å²) in [6.07, 6.45) is 0. The number of halogens is 2. The average molecular weight is 255 g/mol. The van der Waals surface area contributed by atoms with Crippen LogP contribution in [-0.2, 0) is 7.05 Å². The minimum absolute atomic E-state index is 0.286. The highest BCUT2D eigenvalue weighted by Gasteiger charge is 2.15. The number of hydrogen-bond donors (Lipinski definition) is 2. The summed E-state index contributed by atoms with van der Waals surface area (Å²) in [4.78, 5) is 3.59. The van der Waals surface area contributed by atoms with Crippen LogP contribution in [0.2, 0.25) is 0 Å². The van der Waals surface area contributed by atoms with Crippen molar-refractivity contribution in [3.05, 3.63) is 29.5 Å². The lowest BCUT2D eigenvalue weighted by Gasteiger charge is -2.07. The van der Waals surface area contributed by atoms with Gasteiger partial charge in [0.25, 0.3) is 5.88 Å². The molecular weight excluding hydrogens is 244 g/mol. The lowest BCUT2D eigenvalue weighted by molar-refractivity contribution is 0.384. The molecule has 2 rings (SSSR count). The van der Waals surface area contributed by atoms with E-state index in [1.165, 1.54) is 4.68 Å². The van der Waals surface area contributed by atoms with E-state index < -0.39 is 11.6 Å². The summed E-state index contributed by atoms with van der Waals surface area (Å²) in [6, 6.07) is 2.24. The highest BCUT2D eigenvalue weighted by Crippen LogP contribution is 2.25. The summed E-state index contributed by atoms with van der Waals surface area (Å²) >= 11 is 0. The Balaban J connectivity index is 2.37. The second-order valence-corrected chi connectivity index (χ2v) is 3.60. The molecule has 0 amide bonds. The van der Waals surface area contributed by atoms with Crippen LogP contribution in [0.3, 0.4) is 0 Å². The van der Waals surface area contributed by atoms with E-state index in [1.807, 2.05) is 5.43 Å². The Kier molecular flexibility index (Phi) is 3.11. The van der Waals surface area contributed by atoms with E-state index in [2.05, 4.69) is 10.1 Å². The number of aromatic nitrogens is 3. The van der Waals surface area contributed by atoms with Crippen molar-refractivity contribution in [2.45, 2.75) is 6.92 Å². The maximum absolute atomic E-state index is 13.5. The Morgan fingerprint density at radius 3 is 2.61 bits per heavy atom. The number of nitrogens with two attached hydrogens (primary N) is 1. The number of hydrazine groups is 1. The smallest absolute Gasteiger partial charge is 0.259 e. The Morgan fingerprint density at radius 1 is 1.33 bits per heavy atom. The van der Waals surface area contributed by atoms with Gasteiger partial charge in [0, 0.05) is 19.2 Å². The van der Waals surface area contributed by atoms with Crippen LogP contribution >= 0.6 is 0 Å². The van der Waals surface area contributed by atoms with E-state index in [4.69, 9.17) is 10.6 Å². The predicted octanol–water partition coefficient (Wildman–Crippen LogP) is 1.48. The molecular formula is C10H11F2N5O. The van der Waals surface area contributed by atoms with Gasteiger partial charge in [0.1, 0.15) is 0 Å². The number of nitrogens with zero attached hydrogens (tertiary/aromatic N) is 3. The van der Waals surface area contributed by atoms with Crippen molar-refractivity contribution < 1.29 is 13.5 Å². The molecule has 0 bridgehead atoms. The zero-order valence-electron chi connectivity index (χ0n) is 9.74. The van der Waals surface area contributed by atoms with Crippen LogP contribution in [0, 0.1) is 18.6 Å². The standard InChI is InChI=1S/C10H11F2N5O/c1-5-3-8(17(2)16-5)18-10-7(12)4-6(11)9(14-10)15-13/h3-4H,13H2,1-2H3,(H,14,15). The fraction of sp³-hybridized carbons (Fsp3) is 0.200. The molecule has 0 saturated carbocycles. The Morgan fingerprint density at radius 2 is 2.06 bits per heavy atom. The Bertz CT molecular complexity index is 584. The van der Waals surface area contributed by atoms with Crippen LogP contribution in [0.1, 0.15) is 5.69 Å². The van der Waals surface area contributed by atoms with Crippen molar-refractivity contribution in [1.29, 1.82) is 0 Å². The van der Waals surface area contributed by atoms with Crippen LogP contribution in [-0.4, -0.2) is 14.8 Å². The maximum atomic E-state index is 13.5. The molecule has 0 aromatic carbocycles. The number of aryl methyl sites for hydroxylation is 2. The van der Waals surface area contributed by atoms with E-state index in [-0.39, 0.29) is 17.6 Å². The van der Waals surface area contributed by atoms with E-state index in [9.17, 15) is 8.78 Å². The van der Waals surface area contributed by atoms with Gasteiger partial charge in [-0.3, -0.25) is 0 Å². The van der Waals surface area contributed by atoms with Crippen molar-refractivity contribution >= 4 is 5.82 Å². The molecule has 0 saturated heterocycles. The Hall–Kier alpha value is -2.22. The van der Waals surface area contributed by atoms with Gasteiger partial charge in [0.05, 0.1) is 5.69 Å². The van der Waals surface area contributed by atoms with Crippen LogP contribution < -0.4 is 16.0 Å². The quantitative estimate of drug-likeness (QED) is 0.641. The van der Waals surface area contributed by atoms with Crippen molar-refractivity contribution in [2.75, 3.05) is 5.43 Å². The molecule has 0 aliphatic rings. The van der Waals surface area contributed by atoms with Crippen LogP contribution in [0.15, 0.2) is 12.1 Å². The molecule has 0 radical (unpaired) electrons. The van der Waals surface area contributed by atoms with Gasteiger partial charge in [-0.05, 0) is 6.92 Å². The first-order valence-corrected chi connectivity index (χ1v) is 5.02. The first kappa shape index (κ1) is 12.2. The van der Waals surface area contributed by atoms with Crippen LogP contribution in [0.25, 0.3) is 0 Å². The van der Waals surface area contributed by atoms with Gasteiger partial charge < -0.3 is 10.2 Å². The zero-order chi connectivity index (χ0) is 13.3. The average Bonchev–Trinajstić information content (AvgIpc) is 2.61. The van der Waals surface area contributed by atoms with Gasteiger partial charge in [-0.15, -0.1) is 0 Å². The summed E-state index contributed by atoms with van der Waals surface area (Å²) in [5.74, 6) is 2.83. The van der Waals surface area contributed by atoms with Crippen LogP contribution in [0.5, 0.6) is 11.8 Å². The van der Waals surface area contributed by atoms with E-state index >= 15 is 0 Å². The highest BCUT2D eigenvalue weighted by molar-refractivity contribution is 5.39. The summed E-state index contributed by atoms with van der Waals surface area (Å²) in [5, 5.41) is 4.02. The largest absolute Gasteiger partial charge is 0.418 e. The van der Waals surface area contributed by atoms with Gasteiger partial charge in [0.2, 0.25) is 5.88 Å². The summed E-state index contributed by atoms with van der Waals surface area (Å²) in [7, 11) is 1.63. The number of nitrogen functional groups attached to an aromatic ring is 1. The van der Waals surface area contributed by atoms with Crippen molar-refractivity contribution in [1.82, 2.24) is 14.8 Å². The molecule has 0 unspecified atom stereocenters. The molecule has 6 nitrogen and oxygen atoms in total. The lowest BCUT2D eigenvalue weighted by atomic mass is 10.4. The number of rotatable bonds is 3. The number of ether oxygens (including phenoxy) is 1. The normalized spacial score (nSPS) is 10.5. The zero-order valence-corrected chi connectivity index (χ0v) is 9.74. The Labute approximate surface area is 101 Å². The number of pyridine rings is 1. The molecule has 18 heavy (non-hydrogen) atoms. The molecule has 2 heterocycles. The van der Waals surface area contributed by atoms with Crippen molar-refractivity contribution in [3.8, 4) is 11.8 Å². The van der Waals surface area contributed by atoms with E-state index in [1.54, 1.807) is 20.0 Å². The summed E-state index contributed by atoms with van der Waals surface area (Å²) < 4.78 is 33.2. The molecule has 0 atom stereocenters. The molecule has 0 spiro atoms. The third kappa shape index (κ3) is 2.23. The second-order valence-electron chi connectivity index (χ2n) is 3.60. The van der Waals surface area contributed by atoms with Crippen molar-refractivity contribution in [2.24, 2.45) is 12.9 Å². The first-order valence-electron chi connectivity index (χ1n) is 5.02. The van der Waals surface area contributed by atoms with Gasteiger partial charge in [-0.25, -0.2) is 19.3 Å². The van der Waals surface area contributed by atoms with Crippen molar-refractivity contribution in [3.63, 3.8) is 0 Å². The molecule has 3 N–H and O–H groups in total. The number of anilines is 1. The molecule has 8 heteroatoms. The molecule has 2 aromatic heterocycles. The molecule has 0 aliphatic carbocycles. The predicted molar refractivity (Wildman–Crippen MR) is 60.0 cm³/mol. The van der Waals surface area contributed by atoms with Gasteiger partial charge in [-0.2, -0.15) is 10.1 Å². The topological polar surface area (TPSA) is 78.0 Å². The molecule has 0 aliphatic heterocycles. The number of nitrogens with one attached hydrogen (secondary N) is 1. The van der Waals surface area contributed by atoms with Gasteiger partial charge in [-0.1, -0.05) is 0 Å². The summed E-state index contributed by atoms with van der Waals surface area (Å²) in [5.41, 5.74) is 2.71. The maximum Gasteiger partial charge on any atom is 0.259 e. The molecule has 2 aromatic rings. The molecule has 96 valence electrons. The van der Waals surface area contributed by atoms with E-state index in [0.717, 1.165) is 0 Å². The first-order chi connectivity index (χ1) is 8.51. The minimum Gasteiger partial charge on any atom is -0.418 e. The second kappa shape index (κ2) is 4.57. The SMILES string of the molecule is Cc1cc(Oc2nc(NN)c(F)cc2F)n(C)n1. The highest BCUT2D eigenvalue weighted by atomic mass is 19.1. The van der Waals surface area contributed by atoms with Crippen LogP contribution in [0.4, 0.5) is 14.6 Å². The number of hydrogen-bond acceptors (Lipinski definition) is 5. The molecule has 0 fully saturated rings. The lowest BCUT2D eigenvalue weighted by Crippen LogP contribution is -2.11. The van der Waals surface area contributed by atoms with Gasteiger partial charge >= 0.3 is 0 Å². The monoisotopic (exact) mass is 255 g/mol. The minimum atomic E-state index is -0.926. The van der Waals surface area contributed by atoms with E-state index in [0.29, 0.717) is 11.8 Å². The summed E-state index contributed by atoms with van der Waals surface area (Å²) in [6.45, 7) is 1.76. The fourth-order valence-corrected chi connectivity index (χ4v) is 1.40. The fourth-order valence-electron chi connectivity index (χ4n) is 1.40. The third-order valence-electron chi connectivity index (χ3n) is 2.19.